The highest BCUT2D eigenvalue weighted by Gasteiger charge is 2.27. The van der Waals surface area contributed by atoms with Gasteiger partial charge in [0.2, 0.25) is 10.0 Å². The molecule has 1 N–H and O–H groups in total. The first-order valence-electron chi connectivity index (χ1n) is 6.82. The Kier molecular flexibility index (Phi) is 5.10. The number of aryl methyl sites for hydroxylation is 1. The number of unbranched alkanes of at least 4 members (excludes halogenated alkanes) is 1. The van der Waals surface area contributed by atoms with E-state index in [9.17, 15) is 13.2 Å². The van der Waals surface area contributed by atoms with Crippen molar-refractivity contribution in [1.82, 2.24) is 14.7 Å². The second-order valence-electron chi connectivity index (χ2n) is 5.03. The SMILES string of the molecule is Cn1cc(NS(=O)(=O)CCCCCl)c(C(=O)N2CCC2)n1. The molecule has 0 saturated carbocycles. The van der Waals surface area contributed by atoms with Crippen LogP contribution in [0.5, 0.6) is 0 Å². The molecule has 0 bridgehead atoms. The molecule has 9 heteroatoms. The first kappa shape index (κ1) is 16.1. The third-order valence-corrected chi connectivity index (χ3v) is 4.86. The summed E-state index contributed by atoms with van der Waals surface area (Å²) in [6.45, 7) is 1.38. The zero-order valence-corrected chi connectivity index (χ0v) is 13.5. The van der Waals surface area contributed by atoms with E-state index in [0.717, 1.165) is 6.42 Å². The Labute approximate surface area is 129 Å². The van der Waals surface area contributed by atoms with Crippen molar-refractivity contribution in [3.05, 3.63) is 11.9 Å². The smallest absolute Gasteiger partial charge is 0.276 e. The van der Waals surface area contributed by atoms with E-state index in [0.29, 0.717) is 31.8 Å². The minimum absolute atomic E-state index is 0.0219. The third kappa shape index (κ3) is 4.10. The Hall–Kier alpha value is -1.28. The second-order valence-corrected chi connectivity index (χ2v) is 7.25. The van der Waals surface area contributed by atoms with Gasteiger partial charge in [0.25, 0.3) is 5.91 Å². The van der Waals surface area contributed by atoms with Gasteiger partial charge >= 0.3 is 0 Å². The number of alkyl halides is 1. The van der Waals surface area contributed by atoms with E-state index in [4.69, 9.17) is 11.6 Å². The number of likely N-dealkylation sites (tertiary alicyclic amines) is 1. The normalized spacial score (nSPS) is 14.9. The molecule has 1 aliphatic rings. The number of hydrogen-bond donors (Lipinski definition) is 1. The van der Waals surface area contributed by atoms with Crippen LogP contribution in [0.25, 0.3) is 0 Å². The molecule has 1 aliphatic heterocycles. The van der Waals surface area contributed by atoms with Crippen molar-refractivity contribution in [3.63, 3.8) is 0 Å². The zero-order chi connectivity index (χ0) is 15.5. The Balaban J connectivity index is 2.10. The Bertz CT molecular complexity index is 610. The van der Waals surface area contributed by atoms with Crippen LogP contribution in [0.4, 0.5) is 5.69 Å². The molecule has 0 atom stereocenters. The van der Waals surface area contributed by atoms with Crippen molar-refractivity contribution < 1.29 is 13.2 Å². The van der Waals surface area contributed by atoms with E-state index in [2.05, 4.69) is 9.82 Å². The maximum Gasteiger partial charge on any atom is 0.276 e. The van der Waals surface area contributed by atoms with E-state index in [1.54, 1.807) is 11.9 Å². The molecule has 0 unspecified atom stereocenters. The summed E-state index contributed by atoms with van der Waals surface area (Å²) < 4.78 is 27.9. The molecule has 1 saturated heterocycles. The molecular weight excluding hydrogens is 316 g/mol. The maximum atomic E-state index is 12.2. The van der Waals surface area contributed by atoms with Crippen LogP contribution in [0.1, 0.15) is 29.8 Å². The minimum Gasteiger partial charge on any atom is -0.337 e. The average Bonchev–Trinajstić information content (AvgIpc) is 2.67. The summed E-state index contributed by atoms with van der Waals surface area (Å²) in [6, 6.07) is 0. The Morgan fingerprint density at radius 3 is 2.71 bits per heavy atom. The Morgan fingerprint density at radius 2 is 2.14 bits per heavy atom. The number of aromatic nitrogens is 2. The summed E-state index contributed by atoms with van der Waals surface area (Å²) in [5.74, 6) is 0.174. The number of rotatable bonds is 7. The molecule has 0 aromatic carbocycles. The largest absolute Gasteiger partial charge is 0.337 e. The molecule has 1 amide bonds. The lowest BCUT2D eigenvalue weighted by Gasteiger charge is -2.30. The second kappa shape index (κ2) is 6.65. The van der Waals surface area contributed by atoms with E-state index >= 15 is 0 Å². The number of carbonyl (C=O) groups is 1. The highest BCUT2D eigenvalue weighted by Crippen LogP contribution is 2.20. The lowest BCUT2D eigenvalue weighted by molar-refractivity contribution is 0.0646. The van der Waals surface area contributed by atoms with Gasteiger partial charge in [-0.05, 0) is 19.3 Å². The summed E-state index contributed by atoms with van der Waals surface area (Å²) in [7, 11) is -1.85. The highest BCUT2D eigenvalue weighted by atomic mass is 35.5. The molecule has 0 aliphatic carbocycles. The monoisotopic (exact) mass is 334 g/mol. The predicted molar refractivity (Wildman–Crippen MR) is 81.1 cm³/mol. The van der Waals surface area contributed by atoms with E-state index in [1.807, 2.05) is 0 Å². The fourth-order valence-corrected chi connectivity index (χ4v) is 3.35. The lowest BCUT2D eigenvalue weighted by atomic mass is 10.2. The number of anilines is 1. The Morgan fingerprint density at radius 1 is 1.43 bits per heavy atom. The molecule has 0 spiro atoms. The molecule has 1 aromatic rings. The number of nitrogens with one attached hydrogen (secondary N) is 1. The fraction of sp³-hybridized carbons (Fsp3) is 0.667. The quantitative estimate of drug-likeness (QED) is 0.596. The molecular formula is C12H19ClN4O3S. The number of carbonyl (C=O) groups excluding carboxylic acids is 1. The van der Waals surface area contributed by atoms with Crippen LogP contribution in [0.3, 0.4) is 0 Å². The highest BCUT2D eigenvalue weighted by molar-refractivity contribution is 7.92. The van der Waals surface area contributed by atoms with E-state index in [1.165, 1.54) is 10.9 Å². The van der Waals surface area contributed by atoms with Gasteiger partial charge < -0.3 is 4.90 Å². The van der Waals surface area contributed by atoms with Gasteiger partial charge in [0.05, 0.1) is 11.4 Å². The van der Waals surface area contributed by atoms with Crippen LogP contribution in [0.2, 0.25) is 0 Å². The number of sulfonamides is 1. The first-order valence-corrected chi connectivity index (χ1v) is 9.01. The molecule has 1 fully saturated rings. The molecule has 2 heterocycles. The van der Waals surface area contributed by atoms with Gasteiger partial charge in [0, 0.05) is 32.2 Å². The predicted octanol–water partition coefficient (Wildman–Crippen LogP) is 1.03. The van der Waals surface area contributed by atoms with Crippen molar-refractivity contribution in [3.8, 4) is 0 Å². The lowest BCUT2D eigenvalue weighted by Crippen LogP contribution is -2.42. The standard InChI is InChI=1S/C12H19ClN4O3S/c1-16-9-10(15-21(19,20)8-3-2-5-13)11(14-16)12(18)17-6-4-7-17/h9,15H,2-8H2,1H3. The summed E-state index contributed by atoms with van der Waals surface area (Å²) >= 11 is 5.54. The molecule has 21 heavy (non-hydrogen) atoms. The van der Waals surface area contributed by atoms with Gasteiger partial charge in [-0.1, -0.05) is 0 Å². The van der Waals surface area contributed by atoms with Crippen LogP contribution >= 0.6 is 11.6 Å². The average molecular weight is 335 g/mol. The van der Waals surface area contributed by atoms with Crippen molar-refractivity contribution in [2.75, 3.05) is 29.4 Å². The van der Waals surface area contributed by atoms with E-state index < -0.39 is 10.0 Å². The van der Waals surface area contributed by atoms with Gasteiger partial charge in [-0.25, -0.2) is 8.42 Å². The van der Waals surface area contributed by atoms with Crippen LogP contribution < -0.4 is 4.72 Å². The summed E-state index contributed by atoms with van der Waals surface area (Å²) in [5, 5.41) is 4.07. The van der Waals surface area contributed by atoms with Crippen LogP contribution in [-0.2, 0) is 17.1 Å². The third-order valence-electron chi connectivity index (χ3n) is 3.24. The molecule has 0 radical (unpaired) electrons. The summed E-state index contributed by atoms with van der Waals surface area (Å²) in [4.78, 5) is 13.9. The maximum absolute atomic E-state index is 12.2. The zero-order valence-electron chi connectivity index (χ0n) is 11.9. The number of amides is 1. The molecule has 118 valence electrons. The summed E-state index contributed by atoms with van der Waals surface area (Å²) in [5.41, 5.74) is 0.387. The van der Waals surface area contributed by atoms with Crippen LogP contribution in [0.15, 0.2) is 6.20 Å². The van der Waals surface area contributed by atoms with Crippen molar-refractivity contribution >= 4 is 33.2 Å². The van der Waals surface area contributed by atoms with Crippen molar-refractivity contribution in [1.29, 1.82) is 0 Å². The van der Waals surface area contributed by atoms with Crippen molar-refractivity contribution in [2.45, 2.75) is 19.3 Å². The molecule has 7 nitrogen and oxygen atoms in total. The van der Waals surface area contributed by atoms with E-state index in [-0.39, 0.29) is 23.0 Å². The topological polar surface area (TPSA) is 84.3 Å². The van der Waals surface area contributed by atoms with Gasteiger partial charge in [0.1, 0.15) is 0 Å². The van der Waals surface area contributed by atoms with Gasteiger partial charge in [0.15, 0.2) is 5.69 Å². The summed E-state index contributed by atoms with van der Waals surface area (Å²) in [6.07, 6.45) is 3.59. The minimum atomic E-state index is -3.50. The fourth-order valence-electron chi connectivity index (χ4n) is 2.00. The molecule has 1 aromatic heterocycles. The number of nitrogens with zero attached hydrogens (tertiary/aromatic N) is 3. The van der Waals surface area contributed by atoms with Gasteiger partial charge in [-0.15, -0.1) is 11.6 Å². The van der Waals surface area contributed by atoms with Crippen LogP contribution in [-0.4, -0.2) is 53.7 Å². The van der Waals surface area contributed by atoms with Crippen molar-refractivity contribution in [2.24, 2.45) is 7.05 Å². The number of hydrogen-bond acceptors (Lipinski definition) is 4. The van der Waals surface area contributed by atoms with Crippen LogP contribution in [0, 0.1) is 0 Å². The van der Waals surface area contributed by atoms with Gasteiger partial charge in [-0.3, -0.25) is 14.2 Å². The molecule has 2 rings (SSSR count). The van der Waals surface area contributed by atoms with Gasteiger partial charge in [-0.2, -0.15) is 5.10 Å². The first-order chi connectivity index (χ1) is 9.93. The number of halogens is 1.